The number of hydrogen-bond acceptors (Lipinski definition) is 5. The van der Waals surface area contributed by atoms with Crippen molar-refractivity contribution in [3.63, 3.8) is 0 Å². The van der Waals surface area contributed by atoms with Crippen LogP contribution in [0.3, 0.4) is 0 Å². The van der Waals surface area contributed by atoms with Crippen LogP contribution in [0.1, 0.15) is 61.9 Å². The molecule has 1 aromatic heterocycles. The Hall–Kier alpha value is -2.56. The molecule has 1 heterocycles. The highest BCUT2D eigenvalue weighted by molar-refractivity contribution is 5.83. The van der Waals surface area contributed by atoms with E-state index in [1.807, 2.05) is 33.0 Å². The van der Waals surface area contributed by atoms with Crippen LogP contribution >= 0.6 is 0 Å². The Labute approximate surface area is 179 Å². The number of Topliss-reactive ketones (excluding diaryl/α,β-unsaturated/α-hetero) is 1. The third kappa shape index (κ3) is 5.74. The fourth-order valence-corrected chi connectivity index (χ4v) is 3.65. The molecule has 0 bridgehead atoms. The maximum Gasteiger partial charge on any atom is 0.139 e. The molecule has 0 spiro atoms. The van der Waals surface area contributed by atoms with E-state index in [4.69, 9.17) is 9.47 Å². The van der Waals surface area contributed by atoms with Crippen molar-refractivity contribution in [1.82, 2.24) is 4.98 Å². The van der Waals surface area contributed by atoms with Gasteiger partial charge in [0, 0.05) is 29.2 Å². The highest BCUT2D eigenvalue weighted by Crippen LogP contribution is 2.31. The number of benzene rings is 1. The zero-order valence-corrected chi connectivity index (χ0v) is 18.4. The van der Waals surface area contributed by atoms with E-state index in [0.29, 0.717) is 30.1 Å². The molecule has 0 amide bonds. The Balaban J connectivity index is 1.41. The number of aryl methyl sites for hydroxylation is 2. The summed E-state index contributed by atoms with van der Waals surface area (Å²) in [5.74, 6) is 1.74. The number of fused-ring (bicyclic) bond motifs is 1. The van der Waals surface area contributed by atoms with Crippen molar-refractivity contribution in [2.24, 2.45) is 5.92 Å². The number of carbonyl (C=O) groups excluding carboxylic acids is 1. The second kappa shape index (κ2) is 10.5. The first kappa shape index (κ1) is 22.1. The number of rotatable bonds is 10. The van der Waals surface area contributed by atoms with Crippen molar-refractivity contribution in [2.45, 2.75) is 65.7 Å². The highest BCUT2D eigenvalue weighted by Gasteiger charge is 2.15. The number of aromatic hydroxyl groups is 1. The summed E-state index contributed by atoms with van der Waals surface area (Å²) in [5.41, 5.74) is 3.89. The summed E-state index contributed by atoms with van der Waals surface area (Å²) < 4.78 is 11.7. The Morgan fingerprint density at radius 1 is 1.13 bits per heavy atom. The first-order valence-corrected chi connectivity index (χ1v) is 11.0. The number of unbranched alkanes of at least 4 members (excludes halogenated alkanes) is 1. The Kier molecular flexibility index (Phi) is 7.72. The molecule has 2 aromatic rings. The van der Waals surface area contributed by atoms with Crippen LogP contribution in [0.4, 0.5) is 0 Å². The van der Waals surface area contributed by atoms with Crippen molar-refractivity contribution >= 4 is 5.78 Å². The summed E-state index contributed by atoms with van der Waals surface area (Å²) in [5, 5.41) is 10.4. The van der Waals surface area contributed by atoms with E-state index in [1.54, 1.807) is 6.07 Å². The number of ether oxygens (including phenoxy) is 2. The van der Waals surface area contributed by atoms with E-state index >= 15 is 0 Å². The van der Waals surface area contributed by atoms with Gasteiger partial charge in [0.25, 0.3) is 0 Å². The fourth-order valence-electron chi connectivity index (χ4n) is 3.65. The third-order valence-electron chi connectivity index (χ3n) is 5.68. The summed E-state index contributed by atoms with van der Waals surface area (Å²) in [7, 11) is 0. The maximum absolute atomic E-state index is 11.9. The van der Waals surface area contributed by atoms with Crippen molar-refractivity contribution in [3.8, 4) is 17.2 Å². The smallest absolute Gasteiger partial charge is 0.139 e. The van der Waals surface area contributed by atoms with Crippen LogP contribution in [0, 0.1) is 12.8 Å². The monoisotopic (exact) mass is 411 g/mol. The molecule has 0 aliphatic heterocycles. The molecule has 162 valence electrons. The van der Waals surface area contributed by atoms with Gasteiger partial charge in [-0.05, 0) is 63.1 Å². The number of carbonyl (C=O) groups is 1. The van der Waals surface area contributed by atoms with Gasteiger partial charge < -0.3 is 14.6 Å². The number of phenols is 1. The molecule has 30 heavy (non-hydrogen) atoms. The van der Waals surface area contributed by atoms with Gasteiger partial charge >= 0.3 is 0 Å². The summed E-state index contributed by atoms with van der Waals surface area (Å²) in [6.45, 7) is 6.74. The number of pyridine rings is 1. The van der Waals surface area contributed by atoms with Gasteiger partial charge in [-0.1, -0.05) is 19.9 Å². The van der Waals surface area contributed by atoms with Crippen molar-refractivity contribution < 1.29 is 19.4 Å². The Morgan fingerprint density at radius 2 is 1.87 bits per heavy atom. The lowest BCUT2D eigenvalue weighted by atomic mass is 9.96. The lowest BCUT2D eigenvalue weighted by Crippen LogP contribution is -2.10. The normalized spacial score (nSPS) is 13.2. The molecule has 1 N–H and O–H groups in total. The van der Waals surface area contributed by atoms with Crippen LogP contribution in [-0.2, 0) is 24.1 Å². The lowest BCUT2D eigenvalue weighted by molar-refractivity contribution is -0.121. The summed E-state index contributed by atoms with van der Waals surface area (Å²) in [6.07, 6.45) is 8.46. The molecule has 0 saturated carbocycles. The lowest BCUT2D eigenvalue weighted by Gasteiger charge is -2.16. The largest absolute Gasteiger partial charge is 0.507 e. The van der Waals surface area contributed by atoms with Crippen molar-refractivity contribution in [2.75, 3.05) is 13.2 Å². The van der Waals surface area contributed by atoms with Gasteiger partial charge in [0.2, 0.25) is 0 Å². The van der Waals surface area contributed by atoms with E-state index in [9.17, 15) is 9.90 Å². The molecule has 1 aliphatic rings. The Morgan fingerprint density at radius 3 is 2.63 bits per heavy atom. The van der Waals surface area contributed by atoms with E-state index in [1.165, 1.54) is 24.1 Å². The summed E-state index contributed by atoms with van der Waals surface area (Å²) in [4.78, 5) is 16.5. The molecule has 0 unspecified atom stereocenters. The van der Waals surface area contributed by atoms with Crippen LogP contribution in [-0.4, -0.2) is 29.1 Å². The summed E-state index contributed by atoms with van der Waals surface area (Å²) >= 11 is 0. The van der Waals surface area contributed by atoms with Gasteiger partial charge in [0.1, 0.15) is 23.0 Å². The predicted octanol–water partition coefficient (Wildman–Crippen LogP) is 4.98. The quantitative estimate of drug-likeness (QED) is 0.559. The molecule has 0 atom stereocenters. The first-order valence-electron chi connectivity index (χ1n) is 11.0. The van der Waals surface area contributed by atoms with Crippen LogP contribution < -0.4 is 9.47 Å². The van der Waals surface area contributed by atoms with Crippen LogP contribution in [0.2, 0.25) is 0 Å². The number of nitrogens with zero attached hydrogens (tertiary/aromatic N) is 1. The van der Waals surface area contributed by atoms with E-state index in [2.05, 4.69) is 11.1 Å². The number of phenolic OH excluding ortho intramolecular Hbond substituents is 1. The Bertz CT molecular complexity index is 876. The van der Waals surface area contributed by atoms with E-state index in [-0.39, 0.29) is 23.9 Å². The van der Waals surface area contributed by atoms with Gasteiger partial charge in [0.05, 0.1) is 19.4 Å². The second-order valence-corrected chi connectivity index (χ2v) is 8.38. The fraction of sp³-hybridized carbons (Fsp3) is 0.520. The molecule has 5 nitrogen and oxygen atoms in total. The first-order chi connectivity index (χ1) is 14.5. The topological polar surface area (TPSA) is 68.7 Å². The molecule has 0 radical (unpaired) electrons. The minimum Gasteiger partial charge on any atom is -0.507 e. The van der Waals surface area contributed by atoms with Gasteiger partial charge in [-0.25, -0.2) is 0 Å². The minimum atomic E-state index is -0.0417. The van der Waals surface area contributed by atoms with Gasteiger partial charge in [0.15, 0.2) is 0 Å². The van der Waals surface area contributed by atoms with E-state index in [0.717, 1.165) is 31.4 Å². The van der Waals surface area contributed by atoms with Crippen molar-refractivity contribution in [1.29, 1.82) is 0 Å². The number of hydrogen-bond donors (Lipinski definition) is 1. The molecule has 1 aliphatic carbocycles. The minimum absolute atomic E-state index is 0.0417. The van der Waals surface area contributed by atoms with Crippen LogP contribution in [0.15, 0.2) is 24.4 Å². The molecule has 0 fully saturated rings. The zero-order valence-electron chi connectivity index (χ0n) is 18.4. The van der Waals surface area contributed by atoms with Gasteiger partial charge in [-0.3, -0.25) is 9.78 Å². The SMILES string of the molecule is Cc1c(OCCCCOc2cnc3c(c2)CCCC3)ccc(CC(=O)C(C)C)c1O. The zero-order chi connectivity index (χ0) is 21.5. The average molecular weight is 412 g/mol. The van der Waals surface area contributed by atoms with Gasteiger partial charge in [-0.15, -0.1) is 0 Å². The predicted molar refractivity (Wildman–Crippen MR) is 117 cm³/mol. The number of ketones is 1. The van der Waals surface area contributed by atoms with Crippen LogP contribution in [0.25, 0.3) is 0 Å². The van der Waals surface area contributed by atoms with E-state index < -0.39 is 0 Å². The molecule has 3 rings (SSSR count). The summed E-state index contributed by atoms with van der Waals surface area (Å²) in [6, 6.07) is 5.76. The number of aromatic nitrogens is 1. The molecule has 5 heteroatoms. The molecular weight excluding hydrogens is 378 g/mol. The molecule has 1 aromatic carbocycles. The standard InChI is InChI=1S/C25H33NO4/c1-17(2)23(27)15-20-10-11-24(18(3)25(20)28)30-13-7-6-12-29-21-14-19-8-4-5-9-22(19)26-16-21/h10-11,14,16-17,28H,4-9,12-13,15H2,1-3H3. The van der Waals surface area contributed by atoms with Gasteiger partial charge in [-0.2, -0.15) is 0 Å². The molecular formula is C25H33NO4. The molecule has 0 saturated heterocycles. The second-order valence-electron chi connectivity index (χ2n) is 8.38. The highest BCUT2D eigenvalue weighted by atomic mass is 16.5. The van der Waals surface area contributed by atoms with Crippen LogP contribution in [0.5, 0.6) is 17.2 Å². The third-order valence-corrected chi connectivity index (χ3v) is 5.68. The van der Waals surface area contributed by atoms with Crippen molar-refractivity contribution in [3.05, 3.63) is 46.8 Å². The average Bonchev–Trinajstić information content (AvgIpc) is 2.75. The maximum atomic E-state index is 11.9.